The van der Waals surface area contributed by atoms with E-state index in [0.29, 0.717) is 5.56 Å². The van der Waals surface area contributed by atoms with Crippen LogP contribution in [0, 0.1) is 18.3 Å². The van der Waals surface area contributed by atoms with Gasteiger partial charge in [-0.2, -0.15) is 5.26 Å². The molecule has 0 saturated heterocycles. The van der Waals surface area contributed by atoms with Gasteiger partial charge >= 0.3 is 0 Å². The largest absolute Gasteiger partial charge is 0.508 e. The second-order valence-corrected chi connectivity index (χ2v) is 5.06. The summed E-state index contributed by atoms with van der Waals surface area (Å²) in [5.74, 6) is 0.284. The van der Waals surface area contributed by atoms with Gasteiger partial charge in [0.05, 0.1) is 11.6 Å². The van der Waals surface area contributed by atoms with E-state index in [0.717, 1.165) is 23.2 Å². The number of aromatic hydroxyl groups is 1. The highest BCUT2D eigenvalue weighted by Crippen LogP contribution is 2.19. The number of rotatable bonds is 4. The molecule has 2 rings (SSSR count). The molecule has 0 amide bonds. The molecular formula is C17H18N2O. The van der Waals surface area contributed by atoms with E-state index in [2.05, 4.69) is 18.3 Å². The van der Waals surface area contributed by atoms with Crippen molar-refractivity contribution >= 4 is 5.69 Å². The Morgan fingerprint density at radius 1 is 1.20 bits per heavy atom. The van der Waals surface area contributed by atoms with Crippen LogP contribution in [0.2, 0.25) is 0 Å². The maximum atomic E-state index is 9.27. The lowest BCUT2D eigenvalue weighted by Crippen LogP contribution is -2.18. The average Bonchev–Trinajstić information content (AvgIpc) is 2.44. The van der Waals surface area contributed by atoms with Crippen molar-refractivity contribution in [1.29, 1.82) is 5.26 Å². The normalized spacial score (nSPS) is 11.7. The fourth-order valence-electron chi connectivity index (χ4n) is 2.15. The SMILES string of the molecule is Cc1ccc(C#N)cc1NC(C)Cc1ccc(O)cc1. The molecule has 1 atom stereocenters. The Kier molecular flexibility index (Phi) is 4.27. The Bertz CT molecular complexity index is 626. The number of nitrogens with zero attached hydrogens (tertiary/aromatic N) is 1. The van der Waals surface area contributed by atoms with Crippen LogP contribution in [0.1, 0.15) is 23.6 Å². The highest BCUT2D eigenvalue weighted by molar-refractivity contribution is 5.55. The predicted octanol–water partition coefficient (Wildman–Crippen LogP) is 3.62. The van der Waals surface area contributed by atoms with Crippen molar-refractivity contribution in [2.75, 3.05) is 5.32 Å². The first kappa shape index (κ1) is 14.0. The quantitative estimate of drug-likeness (QED) is 0.888. The summed E-state index contributed by atoms with van der Waals surface area (Å²) < 4.78 is 0. The van der Waals surface area contributed by atoms with Crippen LogP contribution >= 0.6 is 0 Å². The maximum absolute atomic E-state index is 9.27. The van der Waals surface area contributed by atoms with Crippen molar-refractivity contribution in [3.63, 3.8) is 0 Å². The Morgan fingerprint density at radius 3 is 2.55 bits per heavy atom. The molecule has 0 aliphatic carbocycles. The summed E-state index contributed by atoms with van der Waals surface area (Å²) in [6.07, 6.45) is 0.858. The van der Waals surface area contributed by atoms with Crippen molar-refractivity contribution in [3.05, 3.63) is 59.2 Å². The molecule has 20 heavy (non-hydrogen) atoms. The van der Waals surface area contributed by atoms with Gasteiger partial charge in [-0.05, 0) is 55.7 Å². The fourth-order valence-corrected chi connectivity index (χ4v) is 2.15. The molecule has 0 radical (unpaired) electrons. The zero-order chi connectivity index (χ0) is 14.5. The number of aryl methyl sites for hydroxylation is 1. The number of hydrogen-bond donors (Lipinski definition) is 2. The van der Waals surface area contributed by atoms with Gasteiger partial charge in [-0.1, -0.05) is 18.2 Å². The topological polar surface area (TPSA) is 56.0 Å². The summed E-state index contributed by atoms with van der Waals surface area (Å²) in [5, 5.41) is 21.7. The van der Waals surface area contributed by atoms with Gasteiger partial charge in [0.2, 0.25) is 0 Å². The van der Waals surface area contributed by atoms with E-state index < -0.39 is 0 Å². The van der Waals surface area contributed by atoms with Gasteiger partial charge in [0.1, 0.15) is 5.75 Å². The molecule has 2 aromatic carbocycles. The Balaban J connectivity index is 2.06. The van der Waals surface area contributed by atoms with Gasteiger partial charge in [-0.15, -0.1) is 0 Å². The third-order valence-electron chi connectivity index (χ3n) is 3.25. The third-order valence-corrected chi connectivity index (χ3v) is 3.25. The van der Waals surface area contributed by atoms with Gasteiger partial charge in [0, 0.05) is 11.7 Å². The number of phenolic OH excluding ortho intramolecular Hbond substituents is 1. The van der Waals surface area contributed by atoms with Crippen LogP contribution in [-0.2, 0) is 6.42 Å². The van der Waals surface area contributed by atoms with Gasteiger partial charge in [0.25, 0.3) is 0 Å². The minimum absolute atomic E-state index is 0.243. The summed E-state index contributed by atoms with van der Waals surface area (Å²) >= 11 is 0. The Morgan fingerprint density at radius 2 is 1.90 bits per heavy atom. The lowest BCUT2D eigenvalue weighted by atomic mass is 10.1. The summed E-state index contributed by atoms with van der Waals surface area (Å²) in [6, 6.07) is 15.3. The summed E-state index contributed by atoms with van der Waals surface area (Å²) in [4.78, 5) is 0. The smallest absolute Gasteiger partial charge is 0.115 e. The second-order valence-electron chi connectivity index (χ2n) is 5.06. The van der Waals surface area contributed by atoms with Crippen molar-refractivity contribution in [1.82, 2.24) is 0 Å². The van der Waals surface area contributed by atoms with Crippen molar-refractivity contribution in [3.8, 4) is 11.8 Å². The molecule has 0 fully saturated rings. The molecule has 0 heterocycles. The zero-order valence-electron chi connectivity index (χ0n) is 11.7. The Hall–Kier alpha value is -2.47. The van der Waals surface area contributed by atoms with E-state index in [4.69, 9.17) is 5.26 Å². The molecule has 102 valence electrons. The highest BCUT2D eigenvalue weighted by atomic mass is 16.3. The average molecular weight is 266 g/mol. The van der Waals surface area contributed by atoms with Gasteiger partial charge in [-0.25, -0.2) is 0 Å². The van der Waals surface area contributed by atoms with Crippen LogP contribution in [0.25, 0.3) is 0 Å². The molecule has 0 aromatic heterocycles. The van der Waals surface area contributed by atoms with Crippen LogP contribution in [0.5, 0.6) is 5.75 Å². The van der Waals surface area contributed by atoms with E-state index in [1.54, 1.807) is 12.1 Å². The highest BCUT2D eigenvalue weighted by Gasteiger charge is 2.06. The second kappa shape index (κ2) is 6.12. The van der Waals surface area contributed by atoms with E-state index >= 15 is 0 Å². The number of anilines is 1. The molecule has 3 heteroatoms. The van der Waals surface area contributed by atoms with Gasteiger partial charge in [0.15, 0.2) is 0 Å². The summed E-state index contributed by atoms with van der Waals surface area (Å²) in [6.45, 7) is 4.13. The first-order valence-corrected chi connectivity index (χ1v) is 6.63. The summed E-state index contributed by atoms with van der Waals surface area (Å²) in [5.41, 5.74) is 3.95. The standard InChI is InChI=1S/C17H18N2O/c1-12-3-4-15(11-18)10-17(12)19-13(2)9-14-5-7-16(20)8-6-14/h3-8,10,13,19-20H,9H2,1-2H3. The van der Waals surface area contributed by atoms with Crippen molar-refractivity contribution in [2.24, 2.45) is 0 Å². The molecular weight excluding hydrogens is 248 g/mol. The molecule has 2 N–H and O–H groups in total. The molecule has 0 saturated carbocycles. The molecule has 1 unspecified atom stereocenters. The summed E-state index contributed by atoms with van der Waals surface area (Å²) in [7, 11) is 0. The van der Waals surface area contributed by atoms with E-state index in [1.807, 2.05) is 37.3 Å². The zero-order valence-corrected chi connectivity index (χ0v) is 11.7. The number of hydrogen-bond acceptors (Lipinski definition) is 3. The minimum atomic E-state index is 0.243. The predicted molar refractivity (Wildman–Crippen MR) is 80.8 cm³/mol. The Labute approximate surface area is 119 Å². The van der Waals surface area contributed by atoms with Crippen molar-refractivity contribution in [2.45, 2.75) is 26.3 Å². The van der Waals surface area contributed by atoms with E-state index in [-0.39, 0.29) is 11.8 Å². The van der Waals surface area contributed by atoms with Crippen LogP contribution in [0.4, 0.5) is 5.69 Å². The molecule has 0 aliphatic rings. The fraction of sp³-hybridized carbons (Fsp3) is 0.235. The molecule has 2 aromatic rings. The number of nitriles is 1. The number of benzene rings is 2. The molecule has 3 nitrogen and oxygen atoms in total. The van der Waals surface area contributed by atoms with Gasteiger partial charge < -0.3 is 10.4 Å². The molecule has 0 aliphatic heterocycles. The maximum Gasteiger partial charge on any atom is 0.115 e. The third kappa shape index (κ3) is 3.52. The van der Waals surface area contributed by atoms with E-state index in [9.17, 15) is 5.11 Å². The first-order valence-electron chi connectivity index (χ1n) is 6.63. The van der Waals surface area contributed by atoms with Crippen LogP contribution in [-0.4, -0.2) is 11.1 Å². The monoisotopic (exact) mass is 266 g/mol. The number of nitrogens with one attached hydrogen (secondary N) is 1. The number of phenols is 1. The lowest BCUT2D eigenvalue weighted by molar-refractivity contribution is 0.475. The van der Waals surface area contributed by atoms with E-state index in [1.165, 1.54) is 0 Å². The minimum Gasteiger partial charge on any atom is -0.508 e. The first-order chi connectivity index (χ1) is 9.58. The van der Waals surface area contributed by atoms with Crippen LogP contribution in [0.15, 0.2) is 42.5 Å². The molecule has 0 spiro atoms. The van der Waals surface area contributed by atoms with Gasteiger partial charge in [-0.3, -0.25) is 0 Å². The lowest BCUT2D eigenvalue weighted by Gasteiger charge is -2.17. The van der Waals surface area contributed by atoms with Crippen LogP contribution < -0.4 is 5.32 Å². The van der Waals surface area contributed by atoms with Crippen LogP contribution in [0.3, 0.4) is 0 Å². The molecule has 0 bridgehead atoms. The van der Waals surface area contributed by atoms with Crippen molar-refractivity contribution < 1.29 is 5.11 Å².